The summed E-state index contributed by atoms with van der Waals surface area (Å²) in [4.78, 5) is 19.0. The van der Waals surface area contributed by atoms with E-state index in [-0.39, 0.29) is 11.5 Å². The van der Waals surface area contributed by atoms with Gasteiger partial charge in [-0.1, -0.05) is 13.8 Å². The van der Waals surface area contributed by atoms with Crippen LogP contribution in [0.1, 0.15) is 38.4 Å². The van der Waals surface area contributed by atoms with Gasteiger partial charge < -0.3 is 4.98 Å². The molecule has 2 aromatic rings. The molecule has 0 amide bonds. The van der Waals surface area contributed by atoms with Crippen LogP contribution < -0.4 is 5.56 Å². The van der Waals surface area contributed by atoms with Gasteiger partial charge in [-0.15, -0.1) is 0 Å². The van der Waals surface area contributed by atoms with Crippen molar-refractivity contribution in [2.75, 3.05) is 0 Å². The maximum atomic E-state index is 13.0. The number of rotatable bonds is 3. The molecule has 0 aliphatic carbocycles. The predicted molar refractivity (Wildman–Crippen MR) is 65.6 cm³/mol. The lowest BCUT2D eigenvalue weighted by atomic mass is 10.0. The normalized spacial score (nSPS) is 11.3. The highest BCUT2D eigenvalue weighted by molar-refractivity contribution is 5.77. The van der Waals surface area contributed by atoms with Crippen LogP contribution in [0, 0.1) is 5.82 Å². The first-order valence-electron chi connectivity index (χ1n) is 5.85. The van der Waals surface area contributed by atoms with Gasteiger partial charge in [0.2, 0.25) is 0 Å². The van der Waals surface area contributed by atoms with Crippen molar-refractivity contribution in [1.29, 1.82) is 0 Å². The second-order valence-corrected chi connectivity index (χ2v) is 4.13. The van der Waals surface area contributed by atoms with E-state index in [0.29, 0.717) is 16.7 Å². The van der Waals surface area contributed by atoms with Gasteiger partial charge in [0.25, 0.3) is 5.56 Å². The average Bonchev–Trinajstić information content (AvgIpc) is 2.32. The molecule has 1 heterocycles. The molecular weight excluding hydrogens is 219 g/mol. The van der Waals surface area contributed by atoms with Crippen molar-refractivity contribution in [2.24, 2.45) is 0 Å². The maximum absolute atomic E-state index is 13.0. The number of aromatic amines is 1. The van der Waals surface area contributed by atoms with Crippen molar-refractivity contribution < 1.29 is 4.39 Å². The summed E-state index contributed by atoms with van der Waals surface area (Å²) < 4.78 is 13.0. The highest BCUT2D eigenvalue weighted by atomic mass is 19.1. The number of hydrogen-bond donors (Lipinski definition) is 1. The van der Waals surface area contributed by atoms with Gasteiger partial charge >= 0.3 is 0 Å². The minimum absolute atomic E-state index is 0.247. The number of hydrogen-bond acceptors (Lipinski definition) is 2. The van der Waals surface area contributed by atoms with E-state index in [4.69, 9.17) is 0 Å². The number of benzene rings is 1. The molecule has 4 heteroatoms. The average molecular weight is 234 g/mol. The van der Waals surface area contributed by atoms with Crippen molar-refractivity contribution in [3.8, 4) is 0 Å². The SMILES string of the molecule is CCC(CC)c1nc2ccc(F)cc2c(=O)[nH]1. The van der Waals surface area contributed by atoms with E-state index in [0.717, 1.165) is 12.8 Å². The molecule has 2 rings (SSSR count). The Balaban J connectivity index is 2.63. The van der Waals surface area contributed by atoms with Crippen LogP contribution in [0.25, 0.3) is 10.9 Å². The predicted octanol–water partition coefficient (Wildman–Crippen LogP) is 2.97. The number of halogens is 1. The van der Waals surface area contributed by atoms with Gasteiger partial charge in [0.1, 0.15) is 11.6 Å². The molecule has 17 heavy (non-hydrogen) atoms. The van der Waals surface area contributed by atoms with Gasteiger partial charge in [0.15, 0.2) is 0 Å². The highest BCUT2D eigenvalue weighted by Crippen LogP contribution is 2.20. The lowest BCUT2D eigenvalue weighted by molar-refractivity contribution is 0.602. The van der Waals surface area contributed by atoms with Crippen LogP contribution in [0.5, 0.6) is 0 Å². The first-order valence-corrected chi connectivity index (χ1v) is 5.85. The smallest absolute Gasteiger partial charge is 0.258 e. The third-order valence-electron chi connectivity index (χ3n) is 3.06. The molecule has 0 aliphatic rings. The van der Waals surface area contributed by atoms with E-state index >= 15 is 0 Å². The molecule has 0 aliphatic heterocycles. The molecule has 0 unspecified atom stereocenters. The van der Waals surface area contributed by atoms with Crippen LogP contribution in [-0.4, -0.2) is 9.97 Å². The van der Waals surface area contributed by atoms with Crippen molar-refractivity contribution in [2.45, 2.75) is 32.6 Å². The lowest BCUT2D eigenvalue weighted by Crippen LogP contribution is -2.14. The van der Waals surface area contributed by atoms with Crippen LogP contribution in [0.3, 0.4) is 0 Å². The Hall–Kier alpha value is -1.71. The first kappa shape index (κ1) is 11.8. The third-order valence-corrected chi connectivity index (χ3v) is 3.06. The van der Waals surface area contributed by atoms with Gasteiger partial charge in [-0.05, 0) is 31.0 Å². The summed E-state index contributed by atoms with van der Waals surface area (Å²) >= 11 is 0. The zero-order chi connectivity index (χ0) is 12.4. The van der Waals surface area contributed by atoms with Gasteiger partial charge in [0, 0.05) is 5.92 Å². The van der Waals surface area contributed by atoms with E-state index in [9.17, 15) is 9.18 Å². The maximum Gasteiger partial charge on any atom is 0.258 e. The van der Waals surface area contributed by atoms with E-state index in [2.05, 4.69) is 23.8 Å². The Morgan fingerprint density at radius 3 is 2.71 bits per heavy atom. The number of fused-ring (bicyclic) bond motifs is 1. The van der Waals surface area contributed by atoms with Gasteiger partial charge in [0.05, 0.1) is 10.9 Å². The quantitative estimate of drug-likeness (QED) is 0.887. The van der Waals surface area contributed by atoms with Crippen molar-refractivity contribution in [1.82, 2.24) is 9.97 Å². The molecule has 1 aromatic heterocycles. The van der Waals surface area contributed by atoms with Crippen LogP contribution in [0.15, 0.2) is 23.0 Å². The fourth-order valence-corrected chi connectivity index (χ4v) is 2.00. The van der Waals surface area contributed by atoms with Crippen molar-refractivity contribution >= 4 is 10.9 Å². The molecule has 0 radical (unpaired) electrons. The molecule has 0 atom stereocenters. The fraction of sp³-hybridized carbons (Fsp3) is 0.385. The number of nitrogens with zero attached hydrogens (tertiary/aromatic N) is 1. The summed E-state index contributed by atoms with van der Waals surface area (Å²) in [6, 6.07) is 4.09. The minimum Gasteiger partial charge on any atom is -0.310 e. The van der Waals surface area contributed by atoms with Gasteiger partial charge in [-0.25, -0.2) is 9.37 Å². The van der Waals surface area contributed by atoms with Gasteiger partial charge in [-0.3, -0.25) is 4.79 Å². The number of aromatic nitrogens is 2. The van der Waals surface area contributed by atoms with Crippen LogP contribution in [0.2, 0.25) is 0 Å². The molecule has 3 nitrogen and oxygen atoms in total. The molecular formula is C13H15FN2O. The Morgan fingerprint density at radius 1 is 1.35 bits per heavy atom. The molecule has 0 fully saturated rings. The summed E-state index contributed by atoms with van der Waals surface area (Å²) in [5.74, 6) is 0.524. The Kier molecular flexibility index (Phi) is 3.22. The summed E-state index contributed by atoms with van der Waals surface area (Å²) in [5, 5.41) is 0.305. The summed E-state index contributed by atoms with van der Waals surface area (Å²) in [6.07, 6.45) is 1.85. The molecule has 0 spiro atoms. The standard InChI is InChI=1S/C13H15FN2O/c1-3-8(4-2)12-15-11-6-5-9(14)7-10(11)13(17)16-12/h5-8H,3-4H2,1-2H3,(H,15,16,17). The van der Waals surface area contributed by atoms with E-state index in [1.807, 2.05) is 0 Å². The molecule has 90 valence electrons. The Labute approximate surface area is 98.7 Å². The molecule has 1 aromatic carbocycles. The van der Waals surface area contributed by atoms with Crippen molar-refractivity contribution in [3.05, 3.63) is 40.2 Å². The second-order valence-electron chi connectivity index (χ2n) is 4.13. The molecule has 0 saturated carbocycles. The Bertz CT molecular complexity index is 587. The van der Waals surface area contributed by atoms with Gasteiger partial charge in [-0.2, -0.15) is 0 Å². The molecule has 1 N–H and O–H groups in total. The van der Waals surface area contributed by atoms with E-state index in [1.165, 1.54) is 12.1 Å². The number of H-pyrrole nitrogens is 1. The zero-order valence-electron chi connectivity index (χ0n) is 9.96. The number of nitrogens with one attached hydrogen (secondary N) is 1. The Morgan fingerprint density at radius 2 is 2.06 bits per heavy atom. The van der Waals surface area contributed by atoms with E-state index < -0.39 is 5.82 Å². The van der Waals surface area contributed by atoms with E-state index in [1.54, 1.807) is 6.07 Å². The monoisotopic (exact) mass is 234 g/mol. The summed E-state index contributed by atoms with van der Waals surface area (Å²) in [5.41, 5.74) is 0.286. The lowest BCUT2D eigenvalue weighted by Gasteiger charge is -2.11. The fourth-order valence-electron chi connectivity index (χ4n) is 2.00. The zero-order valence-corrected chi connectivity index (χ0v) is 9.96. The third kappa shape index (κ3) is 2.20. The molecule has 0 bridgehead atoms. The molecule has 0 saturated heterocycles. The largest absolute Gasteiger partial charge is 0.310 e. The second kappa shape index (κ2) is 4.65. The van der Waals surface area contributed by atoms with Crippen molar-refractivity contribution in [3.63, 3.8) is 0 Å². The van der Waals surface area contributed by atoms with Crippen LogP contribution >= 0.6 is 0 Å². The first-order chi connectivity index (χ1) is 8.15. The highest BCUT2D eigenvalue weighted by Gasteiger charge is 2.12. The minimum atomic E-state index is -0.417. The van der Waals surface area contributed by atoms with Crippen LogP contribution in [-0.2, 0) is 0 Å². The summed E-state index contributed by atoms with van der Waals surface area (Å²) in [7, 11) is 0. The van der Waals surface area contributed by atoms with Crippen LogP contribution in [0.4, 0.5) is 4.39 Å². The topological polar surface area (TPSA) is 45.8 Å². The summed E-state index contributed by atoms with van der Waals surface area (Å²) in [6.45, 7) is 4.12.